The highest BCUT2D eigenvalue weighted by Crippen LogP contribution is 2.17. The van der Waals surface area contributed by atoms with E-state index in [9.17, 15) is 9.59 Å². The van der Waals surface area contributed by atoms with Crippen molar-refractivity contribution in [1.82, 2.24) is 0 Å². The zero-order valence-corrected chi connectivity index (χ0v) is 7.54. The number of phenols is 1. The van der Waals surface area contributed by atoms with E-state index < -0.39 is 11.9 Å². The number of hydrogen-bond donors (Lipinski definition) is 3. The normalized spacial score (nSPS) is 11.1. The summed E-state index contributed by atoms with van der Waals surface area (Å²) >= 11 is 0. The molecule has 0 unspecified atom stereocenters. The molecule has 3 N–H and O–H groups in total. The van der Waals surface area contributed by atoms with Crippen molar-refractivity contribution < 1.29 is 24.9 Å². The number of carbonyl (C=O) groups is 2. The summed E-state index contributed by atoms with van der Waals surface area (Å²) < 4.78 is 0. The Kier molecular flexibility index (Phi) is 3.07. The highest BCUT2D eigenvalue weighted by molar-refractivity contribution is 6.19. The van der Waals surface area contributed by atoms with Crippen LogP contribution in [0.15, 0.2) is 30.3 Å². The zero-order chi connectivity index (χ0) is 11.4. The van der Waals surface area contributed by atoms with Gasteiger partial charge in [-0.25, -0.2) is 9.59 Å². The molecule has 0 fully saturated rings. The van der Waals surface area contributed by atoms with Crippen LogP contribution < -0.4 is 0 Å². The van der Waals surface area contributed by atoms with Gasteiger partial charge in [-0.05, 0) is 17.7 Å². The van der Waals surface area contributed by atoms with Gasteiger partial charge in [0.25, 0.3) is 0 Å². The summed E-state index contributed by atoms with van der Waals surface area (Å²) in [5.74, 6) is -2.68. The molecule has 5 nitrogen and oxygen atoms in total. The molecule has 0 radical (unpaired) electrons. The summed E-state index contributed by atoms with van der Waals surface area (Å²) in [4.78, 5) is 21.1. The lowest BCUT2D eigenvalue weighted by molar-refractivity contribution is -0.133. The first-order chi connectivity index (χ1) is 7.00. The Morgan fingerprint density at radius 3 is 2.00 bits per heavy atom. The van der Waals surface area contributed by atoms with Gasteiger partial charge in [0, 0.05) is 6.08 Å². The molecule has 78 valence electrons. The first-order valence-corrected chi connectivity index (χ1v) is 3.98. The molecular weight excluding hydrogens is 200 g/mol. The Morgan fingerprint density at radius 2 is 1.60 bits per heavy atom. The minimum atomic E-state index is -1.33. The molecule has 0 spiro atoms. The molecule has 0 aliphatic carbocycles. The van der Waals surface area contributed by atoms with E-state index in [1.807, 2.05) is 0 Å². The first kappa shape index (κ1) is 10.8. The van der Waals surface area contributed by atoms with Gasteiger partial charge in [0.15, 0.2) is 0 Å². The summed E-state index contributed by atoms with van der Waals surface area (Å²) in [6, 6.07) is 5.23. The number of hydrogen-bond acceptors (Lipinski definition) is 3. The Bertz CT molecular complexity index is 416. The number of carboxylic acids is 2. The van der Waals surface area contributed by atoms with Crippen LogP contribution in [0.5, 0.6) is 5.75 Å². The number of aromatic hydroxyl groups is 1. The summed E-state index contributed by atoms with van der Waals surface area (Å²) in [7, 11) is 0. The van der Waals surface area contributed by atoms with Crippen LogP contribution in [0.3, 0.4) is 0 Å². The van der Waals surface area contributed by atoms with Crippen molar-refractivity contribution in [2.24, 2.45) is 0 Å². The fourth-order valence-electron chi connectivity index (χ4n) is 1.03. The molecule has 0 atom stereocenters. The molecule has 0 saturated heterocycles. The third-order valence-electron chi connectivity index (χ3n) is 1.68. The molecular formula is C10H8O5. The van der Waals surface area contributed by atoms with Crippen LogP contribution in [-0.2, 0) is 9.59 Å². The maximum atomic E-state index is 10.7. The third-order valence-corrected chi connectivity index (χ3v) is 1.68. The van der Waals surface area contributed by atoms with Gasteiger partial charge in [-0.3, -0.25) is 0 Å². The van der Waals surface area contributed by atoms with E-state index in [0.717, 1.165) is 0 Å². The smallest absolute Gasteiger partial charge is 0.336 e. The van der Waals surface area contributed by atoms with E-state index in [1.54, 1.807) is 0 Å². The van der Waals surface area contributed by atoms with Gasteiger partial charge >= 0.3 is 11.9 Å². The van der Waals surface area contributed by atoms with Crippen molar-refractivity contribution >= 4 is 17.5 Å². The van der Waals surface area contributed by atoms with Crippen molar-refractivity contribution in [2.45, 2.75) is 0 Å². The third kappa shape index (κ3) is 2.84. The largest absolute Gasteiger partial charge is 0.508 e. The summed E-state index contributed by atoms with van der Waals surface area (Å²) in [6.45, 7) is 0. The van der Waals surface area contributed by atoms with Gasteiger partial charge in [0.05, 0.1) is 5.57 Å². The van der Waals surface area contributed by atoms with Crippen LogP contribution in [0.1, 0.15) is 5.56 Å². The highest BCUT2D eigenvalue weighted by Gasteiger charge is 2.11. The van der Waals surface area contributed by atoms with Crippen LogP contribution in [-0.4, -0.2) is 27.3 Å². The maximum Gasteiger partial charge on any atom is 0.336 e. The van der Waals surface area contributed by atoms with Crippen LogP contribution >= 0.6 is 0 Å². The van der Waals surface area contributed by atoms with Crippen molar-refractivity contribution in [3.05, 3.63) is 35.9 Å². The van der Waals surface area contributed by atoms with Crippen molar-refractivity contribution in [3.63, 3.8) is 0 Å². The molecule has 1 rings (SSSR count). The van der Waals surface area contributed by atoms with Crippen LogP contribution in [0.25, 0.3) is 5.57 Å². The van der Waals surface area contributed by atoms with Crippen LogP contribution in [0.2, 0.25) is 0 Å². The van der Waals surface area contributed by atoms with E-state index in [1.165, 1.54) is 24.3 Å². The second-order valence-corrected chi connectivity index (χ2v) is 2.75. The van der Waals surface area contributed by atoms with Crippen molar-refractivity contribution in [3.8, 4) is 5.75 Å². The number of carboxylic acid groups (broad SMARTS) is 2. The lowest BCUT2D eigenvalue weighted by atomic mass is 10.1. The second-order valence-electron chi connectivity index (χ2n) is 2.75. The van der Waals surface area contributed by atoms with E-state index in [4.69, 9.17) is 15.3 Å². The van der Waals surface area contributed by atoms with E-state index in [2.05, 4.69) is 0 Å². The number of rotatable bonds is 3. The number of phenolic OH excluding ortho intramolecular Hbond substituents is 1. The standard InChI is InChI=1S/C10H8O5/c11-7-3-1-6(2-4-7)8(10(14)15)5-9(12)13/h1-5,11H,(H,12,13)(H,14,15). The van der Waals surface area contributed by atoms with Crippen LogP contribution in [0.4, 0.5) is 0 Å². The van der Waals surface area contributed by atoms with Gasteiger partial charge in [-0.15, -0.1) is 0 Å². The molecule has 15 heavy (non-hydrogen) atoms. The van der Waals surface area contributed by atoms with Gasteiger partial charge in [-0.2, -0.15) is 0 Å². The molecule has 0 aliphatic rings. The minimum Gasteiger partial charge on any atom is -0.508 e. The van der Waals surface area contributed by atoms with Gasteiger partial charge in [0.2, 0.25) is 0 Å². The summed E-state index contributed by atoms with van der Waals surface area (Å²) in [5.41, 5.74) is -0.106. The quantitative estimate of drug-likeness (QED) is 0.642. The SMILES string of the molecule is O=C(O)C=C(C(=O)O)c1ccc(O)cc1. The van der Waals surface area contributed by atoms with Crippen molar-refractivity contribution in [2.75, 3.05) is 0 Å². The Morgan fingerprint density at radius 1 is 1.07 bits per heavy atom. The lowest BCUT2D eigenvalue weighted by Crippen LogP contribution is -2.02. The summed E-state index contributed by atoms with van der Waals surface area (Å²) in [5, 5.41) is 26.2. The molecule has 0 amide bonds. The number of aliphatic carboxylic acids is 2. The topological polar surface area (TPSA) is 94.8 Å². The molecule has 0 bridgehead atoms. The molecule has 0 saturated carbocycles. The maximum absolute atomic E-state index is 10.7. The first-order valence-electron chi connectivity index (χ1n) is 3.98. The van der Waals surface area contributed by atoms with E-state index in [-0.39, 0.29) is 16.9 Å². The van der Waals surface area contributed by atoms with E-state index >= 15 is 0 Å². The monoisotopic (exact) mass is 208 g/mol. The predicted molar refractivity (Wildman–Crippen MR) is 51.4 cm³/mol. The molecule has 0 aromatic heterocycles. The minimum absolute atomic E-state index is 0.0150. The zero-order valence-electron chi connectivity index (χ0n) is 7.54. The second kappa shape index (κ2) is 4.28. The van der Waals surface area contributed by atoms with Gasteiger partial charge in [0.1, 0.15) is 5.75 Å². The molecule has 1 aromatic rings. The predicted octanol–water partition coefficient (Wildman–Crippen LogP) is 0.945. The summed E-state index contributed by atoms with van der Waals surface area (Å²) in [6.07, 6.45) is 0.606. The Labute approximate surface area is 84.9 Å². The molecule has 5 heteroatoms. The van der Waals surface area contributed by atoms with Crippen LogP contribution in [0, 0.1) is 0 Å². The Hall–Kier alpha value is -2.30. The van der Waals surface area contributed by atoms with Gasteiger partial charge < -0.3 is 15.3 Å². The van der Waals surface area contributed by atoms with Gasteiger partial charge in [-0.1, -0.05) is 12.1 Å². The highest BCUT2D eigenvalue weighted by atomic mass is 16.4. The molecule has 0 heterocycles. The lowest BCUT2D eigenvalue weighted by Gasteiger charge is -2.01. The average Bonchev–Trinajstić information content (AvgIpc) is 2.15. The Balaban J connectivity index is 3.16. The van der Waals surface area contributed by atoms with E-state index in [0.29, 0.717) is 6.08 Å². The molecule has 0 aliphatic heterocycles. The average molecular weight is 208 g/mol. The number of benzene rings is 1. The fourth-order valence-corrected chi connectivity index (χ4v) is 1.03. The van der Waals surface area contributed by atoms with Crippen molar-refractivity contribution in [1.29, 1.82) is 0 Å². The molecule has 1 aromatic carbocycles. The fraction of sp³-hybridized carbons (Fsp3) is 0.